The molecule has 3 aromatic rings. The normalized spacial score (nSPS) is 12.0. The molecule has 2 aromatic heterocycles. The molecule has 110 valence electrons. The minimum absolute atomic E-state index is 0.1000. The zero-order valence-corrected chi connectivity index (χ0v) is 12.7. The largest absolute Gasteiger partial charge is 0.419 e. The summed E-state index contributed by atoms with van der Waals surface area (Å²) < 4.78 is 33.3. The second kappa shape index (κ2) is 5.14. The molecule has 0 radical (unpaired) electrons. The molecule has 0 amide bonds. The van der Waals surface area contributed by atoms with Crippen LogP contribution in [0.4, 0.5) is 0 Å². The Hall–Kier alpha value is -1.90. The third-order valence-electron chi connectivity index (χ3n) is 3.09. The number of nitrogens with zero attached hydrogens (tertiary/aromatic N) is 1. The minimum Gasteiger partial charge on any atom is -0.408 e. The Kier molecular flexibility index (Phi) is 3.44. The monoisotopic (exact) mass is 324 g/mol. The fourth-order valence-corrected chi connectivity index (χ4v) is 3.70. The summed E-state index contributed by atoms with van der Waals surface area (Å²) in [5, 5.41) is 1.89. The molecular formula is C13H12N2O4S2. The van der Waals surface area contributed by atoms with Crippen LogP contribution >= 0.6 is 11.3 Å². The van der Waals surface area contributed by atoms with Crippen molar-refractivity contribution in [3.05, 3.63) is 51.1 Å². The van der Waals surface area contributed by atoms with E-state index in [9.17, 15) is 13.2 Å². The zero-order chi connectivity index (χ0) is 15.0. The van der Waals surface area contributed by atoms with E-state index in [1.807, 2.05) is 17.5 Å². The number of aryl methyl sites for hydroxylation is 1. The zero-order valence-electron chi connectivity index (χ0n) is 11.1. The van der Waals surface area contributed by atoms with Gasteiger partial charge in [-0.05, 0) is 29.6 Å². The Morgan fingerprint density at radius 2 is 2.14 bits per heavy atom. The summed E-state index contributed by atoms with van der Waals surface area (Å²) in [5.74, 6) is -0.522. The number of oxazole rings is 1. The highest BCUT2D eigenvalue weighted by atomic mass is 32.2. The first-order valence-corrected chi connectivity index (χ1v) is 8.45. The van der Waals surface area contributed by atoms with E-state index < -0.39 is 15.8 Å². The van der Waals surface area contributed by atoms with Crippen LogP contribution in [0.3, 0.4) is 0 Å². The average molecular weight is 324 g/mol. The van der Waals surface area contributed by atoms with Crippen molar-refractivity contribution in [1.29, 1.82) is 0 Å². The van der Waals surface area contributed by atoms with Gasteiger partial charge in [0.05, 0.1) is 10.4 Å². The van der Waals surface area contributed by atoms with Gasteiger partial charge in [0, 0.05) is 18.5 Å². The molecule has 1 N–H and O–H groups in total. The van der Waals surface area contributed by atoms with Crippen LogP contribution in [-0.4, -0.2) is 13.0 Å². The minimum atomic E-state index is -3.64. The molecule has 0 saturated heterocycles. The fourth-order valence-electron chi connectivity index (χ4n) is 1.94. The standard InChI is InChI=1S/C13H12N2O4S2/c1-15-11-7-10(4-5-12(11)19-13(15)16)21(17,18)14-8-9-3-2-6-20-9/h2-7,14H,8H2,1H3. The Balaban J connectivity index is 1.94. The maximum Gasteiger partial charge on any atom is 0.419 e. The van der Waals surface area contributed by atoms with Gasteiger partial charge < -0.3 is 4.42 Å². The van der Waals surface area contributed by atoms with E-state index >= 15 is 0 Å². The van der Waals surface area contributed by atoms with E-state index in [0.717, 1.165) is 4.88 Å². The molecule has 0 atom stereocenters. The van der Waals surface area contributed by atoms with Crippen LogP contribution in [-0.2, 0) is 23.6 Å². The van der Waals surface area contributed by atoms with Crippen molar-refractivity contribution in [2.45, 2.75) is 11.4 Å². The van der Waals surface area contributed by atoms with Crippen molar-refractivity contribution in [2.75, 3.05) is 0 Å². The van der Waals surface area contributed by atoms with Gasteiger partial charge in [-0.3, -0.25) is 4.57 Å². The van der Waals surface area contributed by atoms with Gasteiger partial charge in [-0.25, -0.2) is 17.9 Å². The topological polar surface area (TPSA) is 81.3 Å². The quantitative estimate of drug-likeness (QED) is 0.791. The van der Waals surface area contributed by atoms with Gasteiger partial charge in [0.15, 0.2) is 5.58 Å². The molecule has 0 bridgehead atoms. The molecule has 6 nitrogen and oxygen atoms in total. The maximum absolute atomic E-state index is 12.3. The van der Waals surface area contributed by atoms with Gasteiger partial charge in [0.2, 0.25) is 10.0 Å². The highest BCUT2D eigenvalue weighted by Gasteiger charge is 2.16. The van der Waals surface area contributed by atoms with E-state index in [-0.39, 0.29) is 11.4 Å². The summed E-state index contributed by atoms with van der Waals surface area (Å²) in [7, 11) is -2.10. The molecule has 0 unspecified atom stereocenters. The Bertz CT molecular complexity index is 936. The summed E-state index contributed by atoms with van der Waals surface area (Å²) >= 11 is 1.48. The van der Waals surface area contributed by atoms with E-state index in [4.69, 9.17) is 4.42 Å². The highest BCUT2D eigenvalue weighted by Crippen LogP contribution is 2.18. The number of benzene rings is 1. The van der Waals surface area contributed by atoms with Crippen LogP contribution in [0.1, 0.15) is 4.88 Å². The predicted molar refractivity (Wildman–Crippen MR) is 79.8 cm³/mol. The number of thiophene rings is 1. The first kappa shape index (κ1) is 14.1. The maximum atomic E-state index is 12.3. The molecular weight excluding hydrogens is 312 g/mol. The molecule has 2 heterocycles. The van der Waals surface area contributed by atoms with Crippen LogP contribution in [0.5, 0.6) is 0 Å². The summed E-state index contributed by atoms with van der Waals surface area (Å²) in [5.41, 5.74) is 0.804. The third kappa shape index (κ3) is 2.65. The second-order valence-corrected chi connectivity index (χ2v) is 7.26. The molecule has 0 aliphatic carbocycles. The van der Waals surface area contributed by atoms with Gasteiger partial charge in [-0.15, -0.1) is 11.3 Å². The fraction of sp³-hybridized carbons (Fsp3) is 0.154. The smallest absolute Gasteiger partial charge is 0.408 e. The van der Waals surface area contributed by atoms with Gasteiger partial charge in [-0.1, -0.05) is 6.07 Å². The molecule has 0 spiro atoms. The summed E-state index contributed by atoms with van der Waals surface area (Å²) in [4.78, 5) is 12.4. The van der Waals surface area contributed by atoms with Gasteiger partial charge in [-0.2, -0.15) is 0 Å². The number of rotatable bonds is 4. The Morgan fingerprint density at radius 1 is 1.33 bits per heavy atom. The Morgan fingerprint density at radius 3 is 2.86 bits per heavy atom. The number of aromatic nitrogens is 1. The predicted octanol–water partition coefficient (Wildman–Crippen LogP) is 1.67. The van der Waals surface area contributed by atoms with Crippen LogP contribution in [0, 0.1) is 0 Å². The lowest BCUT2D eigenvalue weighted by Gasteiger charge is -2.05. The first-order chi connectivity index (χ1) is 9.97. The van der Waals surface area contributed by atoms with E-state index in [0.29, 0.717) is 11.1 Å². The number of sulfonamides is 1. The van der Waals surface area contributed by atoms with Gasteiger partial charge >= 0.3 is 5.76 Å². The number of fused-ring (bicyclic) bond motifs is 1. The Labute approximate surface area is 124 Å². The lowest BCUT2D eigenvalue weighted by Crippen LogP contribution is -2.22. The van der Waals surface area contributed by atoms with E-state index in [1.54, 1.807) is 0 Å². The van der Waals surface area contributed by atoms with Crippen LogP contribution in [0.25, 0.3) is 11.1 Å². The molecule has 3 rings (SSSR count). The molecule has 8 heteroatoms. The van der Waals surface area contributed by atoms with Crippen LogP contribution in [0.15, 0.2) is 49.8 Å². The summed E-state index contributed by atoms with van der Waals surface area (Å²) in [6, 6.07) is 8.05. The highest BCUT2D eigenvalue weighted by molar-refractivity contribution is 7.89. The molecule has 1 aromatic carbocycles. The second-order valence-electron chi connectivity index (χ2n) is 4.46. The molecule has 21 heavy (non-hydrogen) atoms. The molecule has 0 saturated carbocycles. The SMILES string of the molecule is Cn1c(=O)oc2ccc(S(=O)(=O)NCc3cccs3)cc21. The third-order valence-corrected chi connectivity index (χ3v) is 5.37. The number of hydrogen-bond acceptors (Lipinski definition) is 5. The first-order valence-electron chi connectivity index (χ1n) is 6.09. The van der Waals surface area contributed by atoms with Crippen LogP contribution < -0.4 is 10.5 Å². The van der Waals surface area contributed by atoms with Gasteiger partial charge in [0.1, 0.15) is 0 Å². The van der Waals surface area contributed by atoms with E-state index in [2.05, 4.69) is 4.72 Å². The summed E-state index contributed by atoms with van der Waals surface area (Å²) in [6.07, 6.45) is 0. The van der Waals surface area contributed by atoms with Crippen molar-refractivity contribution in [2.24, 2.45) is 7.05 Å². The summed E-state index contributed by atoms with van der Waals surface area (Å²) in [6.45, 7) is 0.238. The average Bonchev–Trinajstić information content (AvgIpc) is 3.06. The molecule has 0 aliphatic heterocycles. The number of nitrogens with one attached hydrogen (secondary N) is 1. The van der Waals surface area contributed by atoms with Crippen molar-refractivity contribution < 1.29 is 12.8 Å². The number of hydrogen-bond donors (Lipinski definition) is 1. The molecule has 0 aliphatic rings. The van der Waals surface area contributed by atoms with E-state index in [1.165, 1.54) is 41.2 Å². The lowest BCUT2D eigenvalue weighted by molar-refractivity contribution is 0.528. The molecule has 0 fully saturated rings. The van der Waals surface area contributed by atoms with Crippen molar-refractivity contribution >= 4 is 32.5 Å². The lowest BCUT2D eigenvalue weighted by atomic mass is 10.3. The van der Waals surface area contributed by atoms with Crippen molar-refractivity contribution in [3.63, 3.8) is 0 Å². The van der Waals surface area contributed by atoms with Crippen LogP contribution in [0.2, 0.25) is 0 Å². The van der Waals surface area contributed by atoms with Crippen molar-refractivity contribution in [3.8, 4) is 0 Å². The van der Waals surface area contributed by atoms with Crippen molar-refractivity contribution in [1.82, 2.24) is 9.29 Å². The van der Waals surface area contributed by atoms with Gasteiger partial charge in [0.25, 0.3) is 0 Å².